The van der Waals surface area contributed by atoms with Crippen molar-refractivity contribution in [1.82, 2.24) is 0 Å². The van der Waals surface area contributed by atoms with Crippen molar-refractivity contribution in [1.29, 1.82) is 0 Å². The van der Waals surface area contributed by atoms with Crippen LogP contribution in [0.2, 0.25) is 0 Å². The Morgan fingerprint density at radius 3 is 1.86 bits per heavy atom. The second kappa shape index (κ2) is 35.2. The fourth-order valence-electron chi connectivity index (χ4n) is 6.25. The van der Waals surface area contributed by atoms with E-state index in [0.717, 1.165) is 38.5 Å². The van der Waals surface area contributed by atoms with Gasteiger partial charge in [0.2, 0.25) is 0 Å². The van der Waals surface area contributed by atoms with E-state index in [1.807, 2.05) is 27.2 Å². The van der Waals surface area contributed by atoms with Crippen LogP contribution in [-0.2, 0) is 32.6 Å². The highest BCUT2D eigenvalue weighted by Crippen LogP contribution is 2.43. The minimum atomic E-state index is -4.31. The van der Waals surface area contributed by atoms with Crippen molar-refractivity contribution in [2.75, 3.05) is 47.5 Å². The monoisotopic (exact) mass is 811 g/mol. The molecule has 56 heavy (non-hydrogen) atoms. The van der Waals surface area contributed by atoms with Gasteiger partial charge in [0.25, 0.3) is 0 Å². The molecule has 1 saturated heterocycles. The van der Waals surface area contributed by atoms with Crippen molar-refractivity contribution >= 4 is 13.8 Å². The zero-order chi connectivity index (χ0) is 41.0. The summed E-state index contributed by atoms with van der Waals surface area (Å²) in [4.78, 5) is 22.9. The van der Waals surface area contributed by atoms with Crippen molar-refractivity contribution in [2.24, 2.45) is 0 Å². The molecular formula is C46H85NO8P+. The van der Waals surface area contributed by atoms with E-state index >= 15 is 0 Å². The number of unbranched alkanes of at least 4 members (excludes halogenated alkanes) is 17. The minimum Gasteiger partial charge on any atom is -0.498 e. The van der Waals surface area contributed by atoms with Crippen molar-refractivity contribution in [3.63, 3.8) is 0 Å². The third-order valence-electron chi connectivity index (χ3n) is 9.88. The van der Waals surface area contributed by atoms with Gasteiger partial charge in [-0.2, -0.15) is 0 Å². The lowest BCUT2D eigenvalue weighted by Crippen LogP contribution is -2.37. The largest absolute Gasteiger partial charge is 0.498 e. The zero-order valence-electron chi connectivity index (χ0n) is 36.6. The molecule has 1 aliphatic rings. The topological polar surface area (TPSA) is 104 Å². The van der Waals surface area contributed by atoms with Crippen molar-refractivity contribution in [3.05, 3.63) is 48.8 Å². The standard InChI is InChI=1S/C46H84NO8P/c1-6-8-10-11-12-13-14-15-16-17-18-21-24-27-30-34-39-51-41-43(42-53-56(49,50)52-40-38-47(3,4)5)54-46(48)37-33-29-26-23-20-19-22-25-28-32-36-45-44(55-45)35-31-9-7-2/h19,22-23,26,28,32,34,39,43-45H,6-18,20-21,24-25,27,29-31,33,35-38,40-42H2,1-5H3/p+1/b22-19-,26-23-,32-28-,39-34-. The van der Waals surface area contributed by atoms with E-state index in [4.69, 9.17) is 23.3 Å². The third-order valence-corrected chi connectivity index (χ3v) is 10.9. The van der Waals surface area contributed by atoms with Crippen LogP contribution in [-0.4, -0.2) is 81.2 Å². The molecule has 1 fully saturated rings. The lowest BCUT2D eigenvalue weighted by Gasteiger charge is -2.24. The number of rotatable bonds is 40. The molecule has 0 saturated carbocycles. The maximum Gasteiger partial charge on any atom is 0.472 e. The summed E-state index contributed by atoms with van der Waals surface area (Å²) in [5.41, 5.74) is 0. The Labute approximate surface area is 343 Å². The van der Waals surface area contributed by atoms with Crippen LogP contribution in [0.25, 0.3) is 0 Å². The van der Waals surface area contributed by atoms with Gasteiger partial charge in [0.05, 0.1) is 46.2 Å². The normalized spacial score (nSPS) is 17.8. The summed E-state index contributed by atoms with van der Waals surface area (Å²) in [5.74, 6) is -0.392. The first-order valence-corrected chi connectivity index (χ1v) is 24.0. The second-order valence-electron chi connectivity index (χ2n) is 16.5. The molecule has 0 aromatic heterocycles. The Balaban J connectivity index is 2.28. The summed E-state index contributed by atoms with van der Waals surface area (Å²) in [5, 5.41) is 0. The van der Waals surface area contributed by atoms with Gasteiger partial charge in [-0.15, -0.1) is 0 Å². The summed E-state index contributed by atoms with van der Waals surface area (Å²) < 4.78 is 40.4. The molecule has 1 N–H and O–H groups in total. The van der Waals surface area contributed by atoms with Crippen LogP contribution in [0.3, 0.4) is 0 Å². The molecule has 0 amide bonds. The number of likely N-dealkylation sites (N-methyl/N-ethyl adjacent to an activating group) is 1. The Morgan fingerprint density at radius 2 is 1.23 bits per heavy atom. The van der Waals surface area contributed by atoms with Crippen LogP contribution < -0.4 is 0 Å². The molecule has 1 heterocycles. The molecule has 326 valence electrons. The van der Waals surface area contributed by atoms with Crippen molar-refractivity contribution < 1.29 is 42.0 Å². The number of carbonyl (C=O) groups is 1. The van der Waals surface area contributed by atoms with E-state index in [1.54, 1.807) is 6.26 Å². The molecule has 0 bridgehead atoms. The first-order chi connectivity index (χ1) is 27.1. The molecule has 1 aliphatic heterocycles. The van der Waals surface area contributed by atoms with E-state index in [9.17, 15) is 14.3 Å². The highest BCUT2D eigenvalue weighted by atomic mass is 31.2. The number of nitrogens with zero attached hydrogens (tertiary/aromatic N) is 1. The molecule has 4 unspecified atom stereocenters. The number of phosphoric ester groups is 1. The second-order valence-corrected chi connectivity index (χ2v) is 18.0. The molecule has 9 nitrogen and oxygen atoms in total. The van der Waals surface area contributed by atoms with Crippen LogP contribution in [0.1, 0.15) is 174 Å². The fraction of sp³-hybridized carbons (Fsp3) is 0.804. The fourth-order valence-corrected chi connectivity index (χ4v) is 6.99. The summed E-state index contributed by atoms with van der Waals surface area (Å²) in [7, 11) is 1.59. The van der Waals surface area contributed by atoms with Gasteiger partial charge >= 0.3 is 13.8 Å². The highest BCUT2D eigenvalue weighted by molar-refractivity contribution is 7.47. The maximum atomic E-state index is 12.7. The molecule has 0 spiro atoms. The number of ether oxygens (including phenoxy) is 3. The highest BCUT2D eigenvalue weighted by Gasteiger charge is 2.36. The number of epoxide rings is 1. The zero-order valence-corrected chi connectivity index (χ0v) is 37.5. The average Bonchev–Trinajstić information content (AvgIpc) is 3.90. The summed E-state index contributed by atoms with van der Waals surface area (Å²) in [6.45, 7) is 4.83. The van der Waals surface area contributed by atoms with Gasteiger partial charge in [-0.05, 0) is 57.4 Å². The molecule has 10 heteroatoms. The first kappa shape index (κ1) is 52.3. The number of hydrogen-bond acceptors (Lipinski definition) is 7. The SMILES string of the molecule is CCCCCCCCCCCCCCCC/C=C\OCC(COP(=O)(O)OCC[N+](C)(C)C)OC(=O)CCC/C=C\C/C=C\C/C=C\CC1OC1CCCCC. The van der Waals surface area contributed by atoms with Crippen LogP contribution in [0.15, 0.2) is 48.8 Å². The summed E-state index contributed by atoms with van der Waals surface area (Å²) >= 11 is 0. The Bertz CT molecular complexity index is 1100. The quantitative estimate of drug-likeness (QED) is 0.0124. The van der Waals surface area contributed by atoms with Crippen LogP contribution in [0.5, 0.6) is 0 Å². The number of allylic oxidation sites excluding steroid dienone is 6. The van der Waals surface area contributed by atoms with Crippen LogP contribution in [0, 0.1) is 0 Å². The van der Waals surface area contributed by atoms with Gasteiger partial charge in [0.1, 0.15) is 19.8 Å². The smallest absolute Gasteiger partial charge is 0.472 e. The average molecular weight is 811 g/mol. The number of phosphoric acid groups is 1. The predicted molar refractivity (Wildman–Crippen MR) is 232 cm³/mol. The van der Waals surface area contributed by atoms with Crippen molar-refractivity contribution in [3.8, 4) is 0 Å². The molecule has 0 radical (unpaired) electrons. The molecular weight excluding hydrogens is 725 g/mol. The van der Waals surface area contributed by atoms with Gasteiger partial charge in [-0.25, -0.2) is 4.57 Å². The number of hydrogen-bond donors (Lipinski definition) is 1. The van der Waals surface area contributed by atoms with Gasteiger partial charge in [-0.1, -0.05) is 153 Å². The predicted octanol–water partition coefficient (Wildman–Crippen LogP) is 12.5. The van der Waals surface area contributed by atoms with Crippen LogP contribution in [0.4, 0.5) is 0 Å². The molecule has 4 atom stereocenters. The molecule has 0 aliphatic carbocycles. The Hall–Kier alpha value is -1.74. The van der Waals surface area contributed by atoms with E-state index in [2.05, 4.69) is 50.3 Å². The number of esters is 1. The summed E-state index contributed by atoms with van der Waals surface area (Å²) in [6, 6.07) is 0. The lowest BCUT2D eigenvalue weighted by molar-refractivity contribution is -0.870. The number of carbonyl (C=O) groups excluding carboxylic acids is 1. The van der Waals surface area contributed by atoms with Gasteiger partial charge in [0.15, 0.2) is 6.10 Å². The minimum absolute atomic E-state index is 0.0230. The van der Waals surface area contributed by atoms with E-state index in [0.29, 0.717) is 29.7 Å². The Morgan fingerprint density at radius 1 is 0.679 bits per heavy atom. The van der Waals surface area contributed by atoms with Gasteiger partial charge < -0.3 is 23.6 Å². The number of quaternary nitrogens is 1. The van der Waals surface area contributed by atoms with Crippen molar-refractivity contribution in [2.45, 2.75) is 193 Å². The van der Waals surface area contributed by atoms with Crippen LogP contribution >= 0.6 is 7.82 Å². The first-order valence-electron chi connectivity index (χ1n) is 22.5. The van der Waals surface area contributed by atoms with Gasteiger partial charge in [0, 0.05) is 6.42 Å². The third kappa shape index (κ3) is 35.4. The van der Waals surface area contributed by atoms with E-state index in [1.165, 1.54) is 109 Å². The molecule has 0 aromatic carbocycles. The summed E-state index contributed by atoms with van der Waals surface area (Å²) in [6.07, 6.45) is 45.6. The van der Waals surface area contributed by atoms with E-state index < -0.39 is 19.9 Å². The Kier molecular flexibility index (Phi) is 32.9. The maximum absolute atomic E-state index is 12.7. The lowest BCUT2D eigenvalue weighted by atomic mass is 10.0. The van der Waals surface area contributed by atoms with Gasteiger partial charge in [-0.3, -0.25) is 13.8 Å². The van der Waals surface area contributed by atoms with E-state index in [-0.39, 0.29) is 26.2 Å². The molecule has 0 aromatic rings. The molecule has 1 rings (SSSR count).